The number of benzene rings is 2. The normalized spacial score (nSPS) is 16.6. The molecule has 1 saturated heterocycles. The lowest BCUT2D eigenvalue weighted by atomic mass is 9.87. The minimum absolute atomic E-state index is 0. The Labute approximate surface area is 195 Å². The van der Waals surface area contributed by atoms with Crippen LogP contribution in [0.1, 0.15) is 62.6 Å². The van der Waals surface area contributed by atoms with Gasteiger partial charge in [-0.15, -0.1) is 12.4 Å². The third-order valence-electron chi connectivity index (χ3n) is 5.66. The van der Waals surface area contributed by atoms with E-state index in [1.807, 2.05) is 31.2 Å². The summed E-state index contributed by atoms with van der Waals surface area (Å²) in [5.74, 6) is 1.65. The zero-order chi connectivity index (χ0) is 21.8. The van der Waals surface area contributed by atoms with E-state index >= 15 is 0 Å². The van der Waals surface area contributed by atoms with Gasteiger partial charge >= 0.3 is 0 Å². The van der Waals surface area contributed by atoms with E-state index in [4.69, 9.17) is 9.36 Å². The van der Waals surface area contributed by atoms with Crippen LogP contribution in [0.5, 0.6) is 0 Å². The molecule has 2 aromatic carbocycles. The summed E-state index contributed by atoms with van der Waals surface area (Å²) in [6.45, 7) is 10.9. The molecule has 0 radical (unpaired) electrons. The molecule has 0 amide bonds. The predicted octanol–water partition coefficient (Wildman–Crippen LogP) is 5.47. The van der Waals surface area contributed by atoms with Gasteiger partial charge in [0.2, 0.25) is 11.7 Å². The maximum atomic E-state index is 5.58. The zero-order valence-corrected chi connectivity index (χ0v) is 19.9. The highest BCUT2D eigenvalue weighted by atomic mass is 35.5. The predicted molar refractivity (Wildman–Crippen MR) is 129 cm³/mol. The number of oxime groups is 1. The summed E-state index contributed by atoms with van der Waals surface area (Å²) in [4.78, 5) is 10.1. The summed E-state index contributed by atoms with van der Waals surface area (Å²) in [7, 11) is 0. The van der Waals surface area contributed by atoms with Gasteiger partial charge in [-0.2, -0.15) is 4.98 Å². The summed E-state index contributed by atoms with van der Waals surface area (Å²) in [5, 5.41) is 11.7. The fourth-order valence-corrected chi connectivity index (χ4v) is 3.60. The quantitative estimate of drug-likeness (QED) is 0.394. The standard InChI is InChI=1S/C25H30N4O2.ClH/c1-17(28-30-16-18-5-11-22(12-6-18)25(2,3)4)19-7-9-20(10-8-19)23-27-24(31-29-23)21-13-14-26-15-21;/h5-12,21,26H,13-16H2,1-4H3;1H/b28-17+;/t21-;/m1./s1. The maximum absolute atomic E-state index is 5.58. The highest BCUT2D eigenvalue weighted by Gasteiger charge is 2.23. The second kappa shape index (κ2) is 10.3. The van der Waals surface area contributed by atoms with Gasteiger partial charge in [-0.25, -0.2) is 0 Å². The molecule has 3 aromatic rings. The molecular weight excluding hydrogens is 424 g/mol. The van der Waals surface area contributed by atoms with E-state index in [1.54, 1.807) is 0 Å². The highest BCUT2D eigenvalue weighted by molar-refractivity contribution is 5.98. The Morgan fingerprint density at radius 3 is 2.47 bits per heavy atom. The van der Waals surface area contributed by atoms with Gasteiger partial charge in [0.1, 0.15) is 6.61 Å². The molecule has 0 unspecified atom stereocenters. The molecule has 1 aliphatic rings. The highest BCUT2D eigenvalue weighted by Crippen LogP contribution is 2.24. The number of aromatic nitrogens is 2. The second-order valence-corrected chi connectivity index (χ2v) is 9.12. The smallest absolute Gasteiger partial charge is 0.231 e. The Kier molecular flexibility index (Phi) is 7.69. The number of halogens is 1. The molecule has 1 aromatic heterocycles. The van der Waals surface area contributed by atoms with Crippen LogP contribution < -0.4 is 5.32 Å². The molecule has 6 nitrogen and oxygen atoms in total. The van der Waals surface area contributed by atoms with E-state index in [9.17, 15) is 0 Å². The van der Waals surface area contributed by atoms with Crippen LogP contribution in [0.2, 0.25) is 0 Å². The van der Waals surface area contributed by atoms with Gasteiger partial charge in [0, 0.05) is 12.1 Å². The van der Waals surface area contributed by atoms with E-state index in [0.717, 1.165) is 41.9 Å². The second-order valence-electron chi connectivity index (χ2n) is 9.12. The van der Waals surface area contributed by atoms with Gasteiger partial charge in [0.15, 0.2) is 0 Å². The lowest BCUT2D eigenvalue weighted by molar-refractivity contribution is 0.130. The van der Waals surface area contributed by atoms with Crippen LogP contribution in [0.25, 0.3) is 11.4 Å². The Morgan fingerprint density at radius 2 is 1.84 bits per heavy atom. The monoisotopic (exact) mass is 454 g/mol. The van der Waals surface area contributed by atoms with Crippen LogP contribution in [-0.4, -0.2) is 28.9 Å². The Bertz CT molecular complexity index is 1030. The molecule has 0 saturated carbocycles. The first kappa shape index (κ1) is 24.0. The van der Waals surface area contributed by atoms with E-state index in [0.29, 0.717) is 24.2 Å². The molecule has 1 fully saturated rings. The first-order chi connectivity index (χ1) is 14.9. The Morgan fingerprint density at radius 1 is 1.12 bits per heavy atom. The summed E-state index contributed by atoms with van der Waals surface area (Å²) in [5.41, 5.74) is 5.31. The van der Waals surface area contributed by atoms with Gasteiger partial charge in [-0.3, -0.25) is 0 Å². The van der Waals surface area contributed by atoms with Crippen LogP contribution in [0.4, 0.5) is 0 Å². The summed E-state index contributed by atoms with van der Waals surface area (Å²) in [6, 6.07) is 16.5. The topological polar surface area (TPSA) is 72.5 Å². The molecule has 0 spiro atoms. The van der Waals surface area contributed by atoms with Crippen molar-refractivity contribution in [3.05, 3.63) is 71.1 Å². The van der Waals surface area contributed by atoms with Crippen LogP contribution in [0.3, 0.4) is 0 Å². The number of rotatable bonds is 6. The van der Waals surface area contributed by atoms with E-state index in [1.165, 1.54) is 5.56 Å². The average Bonchev–Trinajstić information content (AvgIpc) is 3.45. The van der Waals surface area contributed by atoms with Crippen molar-refractivity contribution in [3.8, 4) is 11.4 Å². The SMILES string of the molecule is C/C(=N\OCc1ccc(C(C)(C)C)cc1)c1ccc(-c2noc([C@@H]3CCNC3)n2)cc1.Cl. The molecule has 0 bridgehead atoms. The van der Waals surface area contributed by atoms with E-state index < -0.39 is 0 Å². The van der Waals surface area contributed by atoms with Crippen molar-refractivity contribution in [2.45, 2.75) is 52.1 Å². The van der Waals surface area contributed by atoms with E-state index in [-0.39, 0.29) is 17.8 Å². The first-order valence-corrected chi connectivity index (χ1v) is 10.8. The number of hydrogen-bond acceptors (Lipinski definition) is 6. The third kappa shape index (κ3) is 5.75. The molecule has 1 atom stereocenters. The van der Waals surface area contributed by atoms with Gasteiger partial charge in [-0.05, 0) is 42.0 Å². The summed E-state index contributed by atoms with van der Waals surface area (Å²) in [6.07, 6.45) is 1.04. The summed E-state index contributed by atoms with van der Waals surface area (Å²) < 4.78 is 5.46. The molecule has 4 rings (SSSR count). The fraction of sp³-hybridized carbons (Fsp3) is 0.400. The van der Waals surface area contributed by atoms with Crippen molar-refractivity contribution in [2.24, 2.45) is 5.16 Å². The van der Waals surface area contributed by atoms with Gasteiger partial charge in [0.05, 0.1) is 11.6 Å². The van der Waals surface area contributed by atoms with Crippen molar-refractivity contribution in [1.29, 1.82) is 0 Å². The zero-order valence-electron chi connectivity index (χ0n) is 19.1. The van der Waals surface area contributed by atoms with Crippen molar-refractivity contribution in [3.63, 3.8) is 0 Å². The maximum Gasteiger partial charge on any atom is 0.231 e. The minimum atomic E-state index is 0. The third-order valence-corrected chi connectivity index (χ3v) is 5.66. The molecule has 1 N–H and O–H groups in total. The fourth-order valence-electron chi connectivity index (χ4n) is 3.60. The lowest BCUT2D eigenvalue weighted by Gasteiger charge is -2.19. The molecule has 170 valence electrons. The van der Waals surface area contributed by atoms with Gasteiger partial charge in [-0.1, -0.05) is 79.6 Å². The molecule has 0 aliphatic carbocycles. The lowest BCUT2D eigenvalue weighted by Crippen LogP contribution is -2.10. The van der Waals surface area contributed by atoms with Gasteiger partial charge in [0.25, 0.3) is 0 Å². The average molecular weight is 455 g/mol. The molecule has 1 aliphatic heterocycles. The Balaban J connectivity index is 0.00000289. The van der Waals surface area contributed by atoms with Crippen molar-refractivity contribution < 1.29 is 9.36 Å². The number of nitrogens with zero attached hydrogens (tertiary/aromatic N) is 3. The van der Waals surface area contributed by atoms with Crippen molar-refractivity contribution in [2.75, 3.05) is 13.1 Å². The largest absolute Gasteiger partial charge is 0.391 e. The van der Waals surface area contributed by atoms with Crippen molar-refractivity contribution >= 4 is 18.1 Å². The minimum Gasteiger partial charge on any atom is -0.391 e. The molecule has 7 heteroatoms. The molecule has 2 heterocycles. The van der Waals surface area contributed by atoms with Crippen LogP contribution in [-0.2, 0) is 16.9 Å². The van der Waals surface area contributed by atoms with Gasteiger partial charge < -0.3 is 14.7 Å². The van der Waals surface area contributed by atoms with Crippen molar-refractivity contribution in [1.82, 2.24) is 15.5 Å². The van der Waals surface area contributed by atoms with E-state index in [2.05, 4.69) is 65.6 Å². The first-order valence-electron chi connectivity index (χ1n) is 10.8. The molecule has 32 heavy (non-hydrogen) atoms. The van der Waals surface area contributed by atoms with Crippen LogP contribution in [0, 0.1) is 0 Å². The number of nitrogens with one attached hydrogen (secondary N) is 1. The summed E-state index contributed by atoms with van der Waals surface area (Å²) >= 11 is 0. The van der Waals surface area contributed by atoms with Crippen LogP contribution in [0.15, 0.2) is 58.2 Å². The number of hydrogen-bond donors (Lipinski definition) is 1. The van der Waals surface area contributed by atoms with Crippen LogP contribution >= 0.6 is 12.4 Å². The Hall–Kier alpha value is -2.70. The molecular formula is C25H31ClN4O2.